The summed E-state index contributed by atoms with van der Waals surface area (Å²) < 4.78 is 9.09. The van der Waals surface area contributed by atoms with Crippen LogP contribution in [0.15, 0.2) is 61.2 Å². The molecule has 7 nitrogen and oxygen atoms in total. The fourth-order valence-electron chi connectivity index (χ4n) is 3.17. The topological polar surface area (TPSA) is 94.7 Å². The van der Waals surface area contributed by atoms with Crippen LogP contribution in [0.2, 0.25) is 0 Å². The first-order valence-corrected chi connectivity index (χ1v) is 8.62. The minimum atomic E-state index is 0.188. The number of benzene rings is 1. The first-order valence-electron chi connectivity index (χ1n) is 8.62. The molecular weight excluding hydrogens is 352 g/mol. The van der Waals surface area contributed by atoms with Crippen LogP contribution in [0.3, 0.4) is 0 Å². The van der Waals surface area contributed by atoms with E-state index < -0.39 is 0 Å². The number of rotatable bonds is 4. The highest BCUT2D eigenvalue weighted by Gasteiger charge is 2.18. The van der Waals surface area contributed by atoms with E-state index in [2.05, 4.69) is 16.2 Å². The number of anilines is 1. The van der Waals surface area contributed by atoms with Crippen molar-refractivity contribution in [1.82, 2.24) is 19.3 Å². The number of nitrogens with zero attached hydrogens (tertiary/aromatic N) is 5. The molecule has 0 saturated carbocycles. The highest BCUT2D eigenvalue weighted by Crippen LogP contribution is 2.36. The van der Waals surface area contributed by atoms with Crippen LogP contribution in [0.5, 0.6) is 5.75 Å². The summed E-state index contributed by atoms with van der Waals surface area (Å²) in [5.41, 5.74) is 10.4. The molecule has 2 N–H and O–H groups in total. The van der Waals surface area contributed by atoms with Crippen molar-refractivity contribution >= 4 is 5.82 Å². The monoisotopic (exact) mass is 370 g/mol. The third-order valence-electron chi connectivity index (χ3n) is 4.53. The number of nitrogens with two attached hydrogens (primary N) is 1. The van der Waals surface area contributed by atoms with Crippen molar-refractivity contribution in [1.29, 1.82) is 5.26 Å². The summed E-state index contributed by atoms with van der Waals surface area (Å²) in [6, 6.07) is 13.5. The maximum atomic E-state index is 9.75. The Morgan fingerprint density at radius 2 is 2.00 bits per heavy atom. The Kier molecular flexibility index (Phi) is 4.30. The number of hydrogen-bond donors (Lipinski definition) is 1. The Hall–Kier alpha value is -4.05. The summed E-state index contributed by atoms with van der Waals surface area (Å²) in [5.74, 6) is 0.861. The van der Waals surface area contributed by atoms with Crippen molar-refractivity contribution in [3.63, 3.8) is 0 Å². The predicted octanol–water partition coefficient (Wildman–Crippen LogP) is 3.40. The molecule has 138 valence electrons. The van der Waals surface area contributed by atoms with Crippen LogP contribution in [0, 0.1) is 11.3 Å². The summed E-state index contributed by atoms with van der Waals surface area (Å²) in [7, 11) is 3.55. The van der Waals surface area contributed by atoms with Gasteiger partial charge >= 0.3 is 0 Å². The van der Waals surface area contributed by atoms with Crippen molar-refractivity contribution in [3.05, 3.63) is 66.7 Å². The number of hydrogen-bond acceptors (Lipinski definition) is 5. The number of aryl methyl sites for hydroxylation is 1. The highest BCUT2D eigenvalue weighted by atomic mass is 16.5. The molecule has 28 heavy (non-hydrogen) atoms. The quantitative estimate of drug-likeness (QED) is 0.594. The molecule has 3 heterocycles. The van der Waals surface area contributed by atoms with E-state index in [4.69, 9.17) is 10.5 Å². The van der Waals surface area contributed by atoms with Gasteiger partial charge in [0.15, 0.2) is 0 Å². The van der Waals surface area contributed by atoms with Crippen molar-refractivity contribution in [2.24, 2.45) is 7.05 Å². The molecule has 4 rings (SSSR count). The molecule has 3 aromatic heterocycles. The van der Waals surface area contributed by atoms with E-state index in [9.17, 15) is 5.26 Å². The minimum absolute atomic E-state index is 0.188. The molecule has 0 bridgehead atoms. The second-order valence-electron chi connectivity index (χ2n) is 6.33. The molecule has 0 aliphatic heterocycles. The zero-order chi connectivity index (χ0) is 19.7. The summed E-state index contributed by atoms with van der Waals surface area (Å²) in [4.78, 5) is 4.44. The Balaban J connectivity index is 2.01. The number of ether oxygens (including phenoxy) is 1. The van der Waals surface area contributed by atoms with Crippen LogP contribution in [-0.4, -0.2) is 26.4 Å². The molecule has 0 aliphatic carbocycles. The molecule has 4 aromatic rings. The van der Waals surface area contributed by atoms with Crippen molar-refractivity contribution < 1.29 is 4.74 Å². The molecule has 1 aromatic carbocycles. The van der Waals surface area contributed by atoms with Crippen LogP contribution < -0.4 is 10.5 Å². The Morgan fingerprint density at radius 3 is 2.64 bits per heavy atom. The molecule has 0 unspecified atom stereocenters. The first kappa shape index (κ1) is 17.4. The number of nitrogen functional groups attached to an aromatic ring is 1. The van der Waals surface area contributed by atoms with Gasteiger partial charge in [0.25, 0.3) is 0 Å². The van der Waals surface area contributed by atoms with E-state index in [0.29, 0.717) is 22.6 Å². The zero-order valence-corrected chi connectivity index (χ0v) is 15.5. The second kappa shape index (κ2) is 6.93. The van der Waals surface area contributed by atoms with Gasteiger partial charge in [0.05, 0.1) is 18.5 Å². The van der Waals surface area contributed by atoms with Gasteiger partial charge in [0, 0.05) is 48.5 Å². The lowest BCUT2D eigenvalue weighted by molar-refractivity contribution is 0.415. The van der Waals surface area contributed by atoms with Crippen molar-refractivity contribution in [3.8, 4) is 39.9 Å². The van der Waals surface area contributed by atoms with Gasteiger partial charge in [-0.1, -0.05) is 0 Å². The third-order valence-corrected chi connectivity index (χ3v) is 4.53. The van der Waals surface area contributed by atoms with Gasteiger partial charge in [-0.2, -0.15) is 10.4 Å². The summed E-state index contributed by atoms with van der Waals surface area (Å²) >= 11 is 0. The van der Waals surface area contributed by atoms with Crippen LogP contribution in [0.4, 0.5) is 5.82 Å². The average molecular weight is 370 g/mol. The maximum absolute atomic E-state index is 9.75. The maximum Gasteiger partial charge on any atom is 0.142 e. The molecule has 0 aliphatic rings. The Labute approximate surface area is 162 Å². The average Bonchev–Trinajstić information content (AvgIpc) is 3.38. The van der Waals surface area contributed by atoms with Crippen LogP contribution in [0.1, 0.15) is 5.56 Å². The predicted molar refractivity (Wildman–Crippen MR) is 107 cm³/mol. The fraction of sp³-hybridized carbons (Fsp3) is 0.0952. The summed E-state index contributed by atoms with van der Waals surface area (Å²) in [6.07, 6.45) is 7.44. The summed E-state index contributed by atoms with van der Waals surface area (Å²) in [5, 5.41) is 14.1. The van der Waals surface area contributed by atoms with E-state index >= 15 is 0 Å². The second-order valence-corrected chi connectivity index (χ2v) is 6.33. The van der Waals surface area contributed by atoms with E-state index in [1.54, 1.807) is 18.0 Å². The van der Waals surface area contributed by atoms with Gasteiger partial charge in [-0.25, -0.2) is 9.67 Å². The number of pyridine rings is 1. The molecule has 0 atom stereocenters. The van der Waals surface area contributed by atoms with Crippen LogP contribution >= 0.6 is 0 Å². The van der Waals surface area contributed by atoms with Gasteiger partial charge in [-0.05, 0) is 36.4 Å². The lowest BCUT2D eigenvalue weighted by atomic mass is 9.97. The molecule has 0 amide bonds. The number of nitriles is 1. The standard InChI is InChI=1S/C21H18N6O/c1-26-9-6-14(13-26)19-11-16(18(12-22)21(23)25-19)17-10-15(28-2)4-5-20(17)27-8-3-7-24-27/h3-11,13H,1-2H3,(H2,23,25). The molecule has 0 radical (unpaired) electrons. The normalized spacial score (nSPS) is 10.6. The van der Waals surface area contributed by atoms with Gasteiger partial charge in [0.1, 0.15) is 23.2 Å². The molecule has 0 fully saturated rings. The van der Waals surface area contributed by atoms with E-state index in [0.717, 1.165) is 16.8 Å². The highest BCUT2D eigenvalue weighted by molar-refractivity contribution is 5.84. The van der Waals surface area contributed by atoms with E-state index in [-0.39, 0.29) is 5.82 Å². The van der Waals surface area contributed by atoms with E-state index in [1.807, 2.05) is 66.6 Å². The smallest absolute Gasteiger partial charge is 0.142 e. The van der Waals surface area contributed by atoms with Gasteiger partial charge in [-0.3, -0.25) is 0 Å². The lowest BCUT2D eigenvalue weighted by Crippen LogP contribution is -2.03. The Bertz CT molecular complexity index is 1180. The van der Waals surface area contributed by atoms with Crippen molar-refractivity contribution in [2.75, 3.05) is 12.8 Å². The minimum Gasteiger partial charge on any atom is -0.497 e. The largest absolute Gasteiger partial charge is 0.497 e. The molecule has 0 saturated heterocycles. The Morgan fingerprint density at radius 1 is 1.14 bits per heavy atom. The molecule has 0 spiro atoms. The van der Waals surface area contributed by atoms with Gasteiger partial charge in [0.2, 0.25) is 0 Å². The first-order chi connectivity index (χ1) is 13.6. The number of methoxy groups -OCH3 is 1. The van der Waals surface area contributed by atoms with Crippen molar-refractivity contribution in [2.45, 2.75) is 0 Å². The van der Waals surface area contributed by atoms with E-state index in [1.165, 1.54) is 0 Å². The lowest BCUT2D eigenvalue weighted by Gasteiger charge is -2.15. The van der Waals surface area contributed by atoms with Crippen LogP contribution in [-0.2, 0) is 7.05 Å². The SMILES string of the molecule is COc1ccc(-n2cccn2)c(-c2cc(-c3ccn(C)c3)nc(N)c2C#N)c1. The summed E-state index contributed by atoms with van der Waals surface area (Å²) in [6.45, 7) is 0. The van der Waals surface area contributed by atoms with Gasteiger partial charge in [-0.15, -0.1) is 0 Å². The third kappa shape index (κ3) is 2.97. The number of aromatic nitrogens is 4. The molecular formula is C21H18N6O. The van der Waals surface area contributed by atoms with Gasteiger partial charge < -0.3 is 15.0 Å². The van der Waals surface area contributed by atoms with Crippen LogP contribution in [0.25, 0.3) is 28.1 Å². The molecule has 7 heteroatoms. The fourth-order valence-corrected chi connectivity index (χ4v) is 3.17. The zero-order valence-electron chi connectivity index (χ0n) is 15.5.